The first-order valence-corrected chi connectivity index (χ1v) is 9.43. The Morgan fingerprint density at radius 1 is 1.04 bits per heavy atom. The molecule has 0 spiro atoms. The second-order valence-corrected chi connectivity index (χ2v) is 6.77. The zero-order valence-corrected chi connectivity index (χ0v) is 15.8. The summed E-state index contributed by atoms with van der Waals surface area (Å²) in [5.41, 5.74) is 1.79. The van der Waals surface area contributed by atoms with Crippen molar-refractivity contribution in [3.05, 3.63) is 60.4 Å². The topological polar surface area (TPSA) is 38.8 Å². The van der Waals surface area contributed by atoms with E-state index in [1.807, 2.05) is 41.1 Å². The number of urea groups is 1. The Bertz CT molecular complexity index is 732. The highest BCUT2D eigenvalue weighted by Crippen LogP contribution is 2.17. The molecule has 5 nitrogen and oxygen atoms in total. The third-order valence-corrected chi connectivity index (χ3v) is 4.90. The van der Waals surface area contributed by atoms with Crippen molar-refractivity contribution in [2.45, 2.75) is 6.42 Å². The second-order valence-electron chi connectivity index (χ2n) is 6.77. The Labute approximate surface area is 160 Å². The minimum absolute atomic E-state index is 0.0174. The van der Waals surface area contributed by atoms with Gasteiger partial charge in [-0.15, -0.1) is 0 Å². The molecule has 0 atom stereocenters. The predicted octanol–water partition coefficient (Wildman–Crippen LogP) is 3.18. The van der Waals surface area contributed by atoms with Crippen LogP contribution in [0, 0.1) is 5.82 Å². The van der Waals surface area contributed by atoms with E-state index in [4.69, 9.17) is 0 Å². The van der Waals surface area contributed by atoms with Crippen LogP contribution in [0.1, 0.15) is 6.42 Å². The van der Waals surface area contributed by atoms with E-state index in [2.05, 4.69) is 22.3 Å². The van der Waals surface area contributed by atoms with Gasteiger partial charge in [0.2, 0.25) is 0 Å². The molecule has 1 heterocycles. The molecule has 6 heteroatoms. The zero-order chi connectivity index (χ0) is 19.1. The van der Waals surface area contributed by atoms with Crippen molar-refractivity contribution in [2.75, 3.05) is 56.1 Å². The van der Waals surface area contributed by atoms with Gasteiger partial charge in [0.25, 0.3) is 0 Å². The van der Waals surface area contributed by atoms with Gasteiger partial charge >= 0.3 is 6.03 Å². The Morgan fingerprint density at radius 3 is 2.41 bits per heavy atom. The molecule has 1 fully saturated rings. The normalized spacial score (nSPS) is 14.1. The molecule has 2 amide bonds. The summed E-state index contributed by atoms with van der Waals surface area (Å²) in [5, 5.41) is 2.98. The minimum atomic E-state index is -0.222. The highest BCUT2D eigenvalue weighted by atomic mass is 19.1. The summed E-state index contributed by atoms with van der Waals surface area (Å²) in [6, 6.07) is 17.0. The standard InChI is InChI=1S/C21H27FN4O/c1-24(20-11-6-5-10-19(20)22)13-7-12-23-21(27)26-16-14-25(15-17-26)18-8-3-2-4-9-18/h2-6,8-11H,7,12-17H2,1H3,(H,23,27). The van der Waals surface area contributed by atoms with E-state index in [-0.39, 0.29) is 11.8 Å². The van der Waals surface area contributed by atoms with Gasteiger partial charge < -0.3 is 20.0 Å². The van der Waals surface area contributed by atoms with E-state index in [9.17, 15) is 9.18 Å². The Kier molecular flexibility index (Phi) is 6.52. The molecule has 0 aliphatic carbocycles. The van der Waals surface area contributed by atoms with E-state index in [0.717, 1.165) is 32.6 Å². The van der Waals surface area contributed by atoms with E-state index >= 15 is 0 Å². The quantitative estimate of drug-likeness (QED) is 0.794. The van der Waals surface area contributed by atoms with Crippen molar-refractivity contribution in [3.8, 4) is 0 Å². The number of nitrogens with zero attached hydrogens (tertiary/aromatic N) is 3. The molecule has 0 saturated carbocycles. The number of hydrogen-bond donors (Lipinski definition) is 1. The molecule has 144 valence electrons. The largest absolute Gasteiger partial charge is 0.372 e. The molecule has 2 aromatic rings. The smallest absolute Gasteiger partial charge is 0.317 e. The maximum atomic E-state index is 13.8. The number of halogens is 1. The van der Waals surface area contributed by atoms with Crippen LogP contribution < -0.4 is 15.1 Å². The van der Waals surface area contributed by atoms with Gasteiger partial charge in [-0.2, -0.15) is 0 Å². The first-order chi connectivity index (χ1) is 13.1. The van der Waals surface area contributed by atoms with Gasteiger partial charge in [-0.1, -0.05) is 30.3 Å². The fourth-order valence-electron chi connectivity index (χ4n) is 3.31. The van der Waals surface area contributed by atoms with E-state index < -0.39 is 0 Å². The van der Waals surface area contributed by atoms with Gasteiger partial charge in [-0.05, 0) is 30.7 Å². The lowest BCUT2D eigenvalue weighted by Gasteiger charge is -2.36. The molecule has 0 unspecified atom stereocenters. The predicted molar refractivity (Wildman–Crippen MR) is 108 cm³/mol. The van der Waals surface area contributed by atoms with Crippen molar-refractivity contribution in [3.63, 3.8) is 0 Å². The van der Waals surface area contributed by atoms with Gasteiger partial charge in [0, 0.05) is 52.0 Å². The summed E-state index contributed by atoms with van der Waals surface area (Å²) in [7, 11) is 1.86. The Balaban J connectivity index is 1.36. The fourth-order valence-corrected chi connectivity index (χ4v) is 3.31. The van der Waals surface area contributed by atoms with Crippen LogP contribution >= 0.6 is 0 Å². The number of rotatable bonds is 6. The average molecular weight is 370 g/mol. The average Bonchev–Trinajstić information content (AvgIpc) is 2.72. The molecule has 2 aromatic carbocycles. The summed E-state index contributed by atoms with van der Waals surface area (Å²) in [4.78, 5) is 18.4. The lowest BCUT2D eigenvalue weighted by atomic mass is 10.2. The lowest BCUT2D eigenvalue weighted by molar-refractivity contribution is 0.194. The number of benzene rings is 2. The number of amides is 2. The van der Waals surface area contributed by atoms with E-state index in [1.165, 1.54) is 11.8 Å². The molecule has 0 bridgehead atoms. The van der Waals surface area contributed by atoms with Gasteiger partial charge in [0.1, 0.15) is 5.82 Å². The number of anilines is 2. The first-order valence-electron chi connectivity index (χ1n) is 9.43. The third-order valence-electron chi connectivity index (χ3n) is 4.90. The van der Waals surface area contributed by atoms with E-state index in [1.54, 1.807) is 12.1 Å². The molecule has 1 N–H and O–H groups in total. The molecular formula is C21H27FN4O. The molecule has 27 heavy (non-hydrogen) atoms. The van der Waals surface area contributed by atoms with E-state index in [0.29, 0.717) is 18.8 Å². The maximum absolute atomic E-state index is 13.8. The highest BCUT2D eigenvalue weighted by molar-refractivity contribution is 5.74. The van der Waals surface area contributed by atoms with Crippen molar-refractivity contribution < 1.29 is 9.18 Å². The highest BCUT2D eigenvalue weighted by Gasteiger charge is 2.20. The lowest BCUT2D eigenvalue weighted by Crippen LogP contribution is -2.52. The molecule has 3 rings (SSSR count). The molecule has 1 aliphatic rings. The van der Waals surface area contributed by atoms with Crippen molar-refractivity contribution in [1.29, 1.82) is 0 Å². The molecular weight excluding hydrogens is 343 g/mol. The van der Waals surface area contributed by atoms with Crippen LogP contribution in [0.15, 0.2) is 54.6 Å². The number of carbonyl (C=O) groups excluding carboxylic acids is 1. The van der Waals surface area contributed by atoms with Crippen LogP contribution in [0.5, 0.6) is 0 Å². The summed E-state index contributed by atoms with van der Waals surface area (Å²) in [5.74, 6) is -0.222. The van der Waals surface area contributed by atoms with Crippen molar-refractivity contribution >= 4 is 17.4 Å². The number of hydrogen-bond acceptors (Lipinski definition) is 3. The summed E-state index contributed by atoms with van der Waals surface area (Å²) in [6.45, 7) is 4.38. The monoisotopic (exact) mass is 370 g/mol. The summed E-state index contributed by atoms with van der Waals surface area (Å²) < 4.78 is 13.8. The summed E-state index contributed by atoms with van der Waals surface area (Å²) >= 11 is 0. The van der Waals surface area contributed by atoms with Gasteiger partial charge in [-0.25, -0.2) is 9.18 Å². The third kappa shape index (κ3) is 5.12. The van der Waals surface area contributed by atoms with Crippen molar-refractivity contribution in [2.24, 2.45) is 0 Å². The van der Waals surface area contributed by atoms with Gasteiger partial charge in [0.05, 0.1) is 5.69 Å². The molecule has 0 radical (unpaired) electrons. The van der Waals surface area contributed by atoms with Crippen molar-refractivity contribution in [1.82, 2.24) is 10.2 Å². The molecule has 1 aliphatic heterocycles. The summed E-state index contributed by atoms with van der Waals surface area (Å²) in [6.07, 6.45) is 0.764. The molecule has 1 saturated heterocycles. The maximum Gasteiger partial charge on any atom is 0.317 e. The Hall–Kier alpha value is -2.76. The van der Waals surface area contributed by atoms with Crippen LogP contribution in [0.4, 0.5) is 20.6 Å². The minimum Gasteiger partial charge on any atom is -0.372 e. The van der Waals surface area contributed by atoms with Crippen LogP contribution in [0.2, 0.25) is 0 Å². The Morgan fingerprint density at radius 2 is 1.70 bits per heavy atom. The van der Waals surface area contributed by atoms with Crippen LogP contribution in [0.25, 0.3) is 0 Å². The van der Waals surface area contributed by atoms with Gasteiger partial charge in [0.15, 0.2) is 0 Å². The van der Waals surface area contributed by atoms with Gasteiger partial charge in [-0.3, -0.25) is 0 Å². The number of carbonyl (C=O) groups is 1. The molecule has 0 aromatic heterocycles. The number of piperazine rings is 1. The second kappa shape index (κ2) is 9.26. The number of nitrogens with one attached hydrogen (secondary N) is 1. The number of para-hydroxylation sites is 2. The SMILES string of the molecule is CN(CCCNC(=O)N1CCN(c2ccccc2)CC1)c1ccccc1F. The zero-order valence-electron chi connectivity index (χ0n) is 15.8. The van der Waals surface area contributed by atoms with Crippen LogP contribution in [-0.2, 0) is 0 Å². The van der Waals surface area contributed by atoms with Crippen LogP contribution in [-0.4, -0.2) is 57.2 Å². The van der Waals surface area contributed by atoms with Crippen LogP contribution in [0.3, 0.4) is 0 Å². The fraction of sp³-hybridized carbons (Fsp3) is 0.381. The first kappa shape index (κ1) is 19.0.